The van der Waals surface area contributed by atoms with Crippen LogP contribution in [0, 0.1) is 5.92 Å². The van der Waals surface area contributed by atoms with Crippen molar-refractivity contribution in [1.29, 1.82) is 0 Å². The number of hydrogen-bond donors (Lipinski definition) is 3. The average Bonchev–Trinajstić information content (AvgIpc) is 2.34. The van der Waals surface area contributed by atoms with Crippen LogP contribution in [0.5, 0.6) is 5.75 Å². The molecule has 0 radical (unpaired) electrons. The molecule has 3 nitrogen and oxygen atoms in total. The van der Waals surface area contributed by atoms with Gasteiger partial charge in [0.05, 0.1) is 10.0 Å². The third-order valence-corrected chi connectivity index (χ3v) is 3.59. The molecule has 1 heterocycles. The van der Waals surface area contributed by atoms with E-state index in [-0.39, 0.29) is 15.8 Å². The Morgan fingerprint density at radius 2 is 2.06 bits per heavy atom. The normalized spacial score (nSPS) is 20.2. The minimum Gasteiger partial charge on any atom is -0.505 e. The molecular formula is C12H16Cl2N2O. The second kappa shape index (κ2) is 5.80. The molecule has 17 heavy (non-hydrogen) atoms. The number of hydrogen-bond acceptors (Lipinski definition) is 3. The van der Waals surface area contributed by atoms with E-state index in [1.807, 2.05) is 0 Å². The number of halogens is 2. The van der Waals surface area contributed by atoms with Gasteiger partial charge in [0, 0.05) is 12.2 Å². The van der Waals surface area contributed by atoms with Crippen LogP contribution in [0.2, 0.25) is 10.0 Å². The first-order chi connectivity index (χ1) is 8.16. The lowest BCUT2D eigenvalue weighted by Gasteiger charge is -2.23. The Morgan fingerprint density at radius 1 is 1.35 bits per heavy atom. The molecule has 94 valence electrons. The molecule has 0 aliphatic carbocycles. The Labute approximate surface area is 111 Å². The van der Waals surface area contributed by atoms with E-state index >= 15 is 0 Å². The number of aromatic hydroxyl groups is 1. The first-order valence-corrected chi connectivity index (χ1v) is 6.55. The second-order valence-electron chi connectivity index (χ2n) is 4.38. The SMILES string of the molecule is Oc1c(Cl)cc(NCC2CCCNC2)cc1Cl. The topological polar surface area (TPSA) is 44.3 Å². The highest BCUT2D eigenvalue weighted by molar-refractivity contribution is 6.37. The monoisotopic (exact) mass is 274 g/mol. The smallest absolute Gasteiger partial charge is 0.152 e. The van der Waals surface area contributed by atoms with Crippen LogP contribution in [0.3, 0.4) is 0 Å². The Balaban J connectivity index is 1.94. The number of phenolic OH excluding ortho intramolecular Hbond substituents is 1. The van der Waals surface area contributed by atoms with Crippen LogP contribution in [0.4, 0.5) is 5.69 Å². The maximum absolute atomic E-state index is 9.45. The van der Waals surface area contributed by atoms with Crippen molar-refractivity contribution in [2.45, 2.75) is 12.8 Å². The summed E-state index contributed by atoms with van der Waals surface area (Å²) in [6.07, 6.45) is 2.46. The first-order valence-electron chi connectivity index (χ1n) is 5.79. The van der Waals surface area contributed by atoms with Crippen molar-refractivity contribution in [3.05, 3.63) is 22.2 Å². The van der Waals surface area contributed by atoms with Crippen molar-refractivity contribution in [2.24, 2.45) is 5.92 Å². The fourth-order valence-electron chi connectivity index (χ4n) is 2.03. The Bertz CT molecular complexity index is 369. The molecule has 0 bridgehead atoms. The maximum atomic E-state index is 9.45. The van der Waals surface area contributed by atoms with Crippen LogP contribution in [0.1, 0.15) is 12.8 Å². The summed E-state index contributed by atoms with van der Waals surface area (Å²) in [6.45, 7) is 3.06. The number of phenols is 1. The number of rotatable bonds is 3. The van der Waals surface area contributed by atoms with Gasteiger partial charge in [0.1, 0.15) is 0 Å². The molecule has 1 aromatic carbocycles. The minimum absolute atomic E-state index is 0.0572. The molecule has 1 saturated heterocycles. The van der Waals surface area contributed by atoms with Crippen molar-refractivity contribution in [1.82, 2.24) is 5.32 Å². The lowest BCUT2D eigenvalue weighted by atomic mass is 10.00. The van der Waals surface area contributed by atoms with Gasteiger partial charge in [0.15, 0.2) is 5.75 Å². The molecular weight excluding hydrogens is 259 g/mol. The van der Waals surface area contributed by atoms with Crippen molar-refractivity contribution in [2.75, 3.05) is 25.0 Å². The van der Waals surface area contributed by atoms with Gasteiger partial charge >= 0.3 is 0 Å². The lowest BCUT2D eigenvalue weighted by Crippen LogP contribution is -2.33. The fourth-order valence-corrected chi connectivity index (χ4v) is 2.52. The summed E-state index contributed by atoms with van der Waals surface area (Å²) >= 11 is 11.7. The number of anilines is 1. The van der Waals surface area contributed by atoms with Gasteiger partial charge in [0.25, 0.3) is 0 Å². The highest BCUT2D eigenvalue weighted by atomic mass is 35.5. The molecule has 0 saturated carbocycles. The van der Waals surface area contributed by atoms with E-state index in [2.05, 4.69) is 10.6 Å². The Morgan fingerprint density at radius 3 is 2.65 bits per heavy atom. The molecule has 1 atom stereocenters. The molecule has 1 fully saturated rings. The molecule has 0 amide bonds. The number of benzene rings is 1. The molecule has 1 unspecified atom stereocenters. The highest BCUT2D eigenvalue weighted by Crippen LogP contribution is 2.34. The van der Waals surface area contributed by atoms with Gasteiger partial charge in [-0.25, -0.2) is 0 Å². The molecule has 0 spiro atoms. The van der Waals surface area contributed by atoms with Crippen molar-refractivity contribution in [3.8, 4) is 5.75 Å². The molecule has 2 rings (SSSR count). The lowest BCUT2D eigenvalue weighted by molar-refractivity contribution is 0.393. The summed E-state index contributed by atoms with van der Waals surface area (Å²) in [6, 6.07) is 3.39. The zero-order valence-electron chi connectivity index (χ0n) is 9.47. The van der Waals surface area contributed by atoms with Crippen molar-refractivity contribution in [3.63, 3.8) is 0 Å². The second-order valence-corrected chi connectivity index (χ2v) is 5.20. The molecule has 1 aliphatic rings. The van der Waals surface area contributed by atoms with Gasteiger partial charge in [-0.1, -0.05) is 23.2 Å². The Hall–Kier alpha value is -0.640. The zero-order chi connectivity index (χ0) is 12.3. The van der Waals surface area contributed by atoms with Crippen LogP contribution in [0.25, 0.3) is 0 Å². The number of nitrogens with one attached hydrogen (secondary N) is 2. The number of piperidine rings is 1. The predicted octanol–water partition coefficient (Wildman–Crippen LogP) is 3.11. The summed E-state index contributed by atoms with van der Waals surface area (Å²) in [5.41, 5.74) is 0.850. The van der Waals surface area contributed by atoms with E-state index in [0.717, 1.165) is 25.3 Å². The van der Waals surface area contributed by atoms with Crippen molar-refractivity contribution < 1.29 is 5.11 Å². The van der Waals surface area contributed by atoms with E-state index in [9.17, 15) is 5.11 Å². The molecule has 3 N–H and O–H groups in total. The van der Waals surface area contributed by atoms with Gasteiger partial charge in [-0.05, 0) is 44.0 Å². The zero-order valence-corrected chi connectivity index (χ0v) is 11.0. The largest absolute Gasteiger partial charge is 0.505 e. The van der Waals surface area contributed by atoms with E-state index in [1.54, 1.807) is 12.1 Å². The van der Waals surface area contributed by atoms with Gasteiger partial charge in [0.2, 0.25) is 0 Å². The van der Waals surface area contributed by atoms with E-state index in [4.69, 9.17) is 23.2 Å². The van der Waals surface area contributed by atoms with Crippen LogP contribution in [0.15, 0.2) is 12.1 Å². The maximum Gasteiger partial charge on any atom is 0.152 e. The third-order valence-electron chi connectivity index (χ3n) is 3.01. The summed E-state index contributed by atoms with van der Waals surface area (Å²) in [7, 11) is 0. The van der Waals surface area contributed by atoms with Crippen molar-refractivity contribution >= 4 is 28.9 Å². The average molecular weight is 275 g/mol. The van der Waals surface area contributed by atoms with Crippen LogP contribution in [-0.2, 0) is 0 Å². The van der Waals surface area contributed by atoms with Crippen LogP contribution >= 0.6 is 23.2 Å². The third kappa shape index (κ3) is 3.41. The highest BCUT2D eigenvalue weighted by Gasteiger charge is 2.13. The van der Waals surface area contributed by atoms with Gasteiger partial charge in [-0.15, -0.1) is 0 Å². The van der Waals surface area contributed by atoms with Crippen LogP contribution < -0.4 is 10.6 Å². The first kappa shape index (κ1) is 12.8. The quantitative estimate of drug-likeness (QED) is 0.743. The van der Waals surface area contributed by atoms with E-state index in [1.165, 1.54) is 12.8 Å². The van der Waals surface area contributed by atoms with Gasteiger partial charge in [-0.2, -0.15) is 0 Å². The molecule has 0 aromatic heterocycles. The predicted molar refractivity (Wildman–Crippen MR) is 72.2 cm³/mol. The van der Waals surface area contributed by atoms with E-state index in [0.29, 0.717) is 5.92 Å². The van der Waals surface area contributed by atoms with Crippen LogP contribution in [-0.4, -0.2) is 24.7 Å². The molecule has 1 aromatic rings. The Kier molecular flexibility index (Phi) is 4.37. The minimum atomic E-state index is -0.0572. The van der Waals surface area contributed by atoms with Gasteiger partial charge < -0.3 is 15.7 Å². The van der Waals surface area contributed by atoms with E-state index < -0.39 is 0 Å². The summed E-state index contributed by atoms with van der Waals surface area (Å²) in [4.78, 5) is 0. The standard InChI is InChI=1S/C12H16Cl2N2O/c13-10-4-9(5-11(14)12(10)17)16-7-8-2-1-3-15-6-8/h4-5,8,15-17H,1-3,6-7H2. The fraction of sp³-hybridized carbons (Fsp3) is 0.500. The summed E-state index contributed by atoms with van der Waals surface area (Å²) < 4.78 is 0. The molecule has 5 heteroatoms. The summed E-state index contributed by atoms with van der Waals surface area (Å²) in [5.74, 6) is 0.577. The van der Waals surface area contributed by atoms with Gasteiger partial charge in [-0.3, -0.25) is 0 Å². The summed E-state index contributed by atoms with van der Waals surface area (Å²) in [5, 5.41) is 16.7. The molecule has 1 aliphatic heterocycles.